The molecule has 0 rings (SSSR count). The minimum Gasteiger partial charge on any atom is -0.475 e. The molecule has 0 spiro atoms. The monoisotopic (exact) mass is 375 g/mol. The molecule has 0 aliphatic heterocycles. The molecular formula is C11H24F3N7O4. The highest BCUT2D eigenvalue weighted by molar-refractivity contribution is 5.76. The Bertz CT molecular complexity index is 421. The van der Waals surface area contributed by atoms with Crippen LogP contribution in [0.5, 0.6) is 0 Å². The zero-order valence-corrected chi connectivity index (χ0v) is 13.5. The zero-order chi connectivity index (χ0) is 19.9. The van der Waals surface area contributed by atoms with Crippen LogP contribution >= 0.6 is 0 Å². The lowest BCUT2D eigenvalue weighted by atomic mass is 10.1. The van der Waals surface area contributed by atoms with E-state index in [0.29, 0.717) is 13.1 Å². The van der Waals surface area contributed by atoms with Crippen LogP contribution in [0.1, 0.15) is 19.3 Å². The van der Waals surface area contributed by atoms with Crippen LogP contribution < -0.4 is 27.8 Å². The first-order chi connectivity index (χ1) is 11.5. The van der Waals surface area contributed by atoms with Crippen LogP contribution in [0.3, 0.4) is 0 Å². The maximum atomic E-state index is 10.6. The van der Waals surface area contributed by atoms with E-state index in [-0.39, 0.29) is 12.0 Å². The van der Waals surface area contributed by atoms with Crippen molar-refractivity contribution in [1.82, 2.24) is 10.6 Å². The topological polar surface area (TPSA) is 195 Å². The highest BCUT2D eigenvalue weighted by Crippen LogP contribution is 2.13. The van der Waals surface area contributed by atoms with E-state index in [4.69, 9.17) is 27.1 Å². The van der Waals surface area contributed by atoms with Gasteiger partial charge >= 0.3 is 12.1 Å². The first-order valence-corrected chi connectivity index (χ1v) is 7.19. The molecule has 14 heteroatoms. The fourth-order valence-electron chi connectivity index (χ4n) is 1.32. The van der Waals surface area contributed by atoms with Crippen LogP contribution in [0, 0.1) is 10.1 Å². The van der Waals surface area contributed by atoms with Crippen molar-refractivity contribution in [2.45, 2.75) is 31.5 Å². The van der Waals surface area contributed by atoms with Gasteiger partial charge in [0.1, 0.15) is 5.10 Å². The summed E-state index contributed by atoms with van der Waals surface area (Å²) in [6.07, 6.45) is -2.58. The molecular weight excluding hydrogens is 351 g/mol. The van der Waals surface area contributed by atoms with Gasteiger partial charge in [0.15, 0.2) is 5.03 Å². The first kappa shape index (κ1) is 25.1. The van der Waals surface area contributed by atoms with E-state index in [1.165, 1.54) is 0 Å². The van der Waals surface area contributed by atoms with Crippen LogP contribution in [0.15, 0.2) is 5.10 Å². The standard InChI is InChI=1S/C9H23N7O2.C2HF3O2/c10-4-2-5-13-7-8(11)3-1-6-14-9(12)15-16(17)18;3-2(4,5)1(6)7/h8,13H,1-7,10-11H2,(H3,12,14,15);(H,6,7)/t8-;/m0./s1. The van der Waals surface area contributed by atoms with Crippen LogP contribution in [-0.2, 0) is 4.79 Å². The van der Waals surface area contributed by atoms with Gasteiger partial charge in [0, 0.05) is 19.1 Å². The molecule has 148 valence electrons. The minimum atomic E-state index is -5.08. The van der Waals surface area contributed by atoms with Gasteiger partial charge in [-0.25, -0.2) is 14.9 Å². The molecule has 0 radical (unpaired) electrons. The molecule has 0 aromatic heterocycles. The van der Waals surface area contributed by atoms with Crippen molar-refractivity contribution in [3.05, 3.63) is 10.1 Å². The Morgan fingerprint density at radius 2 is 1.88 bits per heavy atom. The Morgan fingerprint density at radius 1 is 1.32 bits per heavy atom. The second kappa shape index (κ2) is 14.2. The number of hydrazone groups is 1. The molecule has 0 unspecified atom stereocenters. The lowest BCUT2D eigenvalue weighted by Crippen LogP contribution is -2.37. The Morgan fingerprint density at radius 3 is 2.32 bits per heavy atom. The van der Waals surface area contributed by atoms with E-state index in [1.807, 2.05) is 0 Å². The number of alkyl halides is 3. The van der Waals surface area contributed by atoms with E-state index in [0.717, 1.165) is 32.4 Å². The quantitative estimate of drug-likeness (QED) is 0.0889. The summed E-state index contributed by atoms with van der Waals surface area (Å²) in [6.45, 7) is 2.78. The normalized spacial score (nSPS) is 12.8. The number of aliphatic carboxylic acids is 1. The van der Waals surface area contributed by atoms with Gasteiger partial charge in [-0.15, -0.1) is 0 Å². The first-order valence-electron chi connectivity index (χ1n) is 7.19. The second-order valence-corrected chi connectivity index (χ2v) is 4.70. The van der Waals surface area contributed by atoms with E-state index in [1.54, 1.807) is 0 Å². The van der Waals surface area contributed by atoms with E-state index < -0.39 is 17.2 Å². The lowest BCUT2D eigenvalue weighted by molar-refractivity contribution is -0.485. The maximum Gasteiger partial charge on any atom is 0.490 e. The third-order valence-electron chi connectivity index (χ3n) is 2.45. The summed E-state index contributed by atoms with van der Waals surface area (Å²) in [6, 6.07) is 0.0539. The van der Waals surface area contributed by atoms with Crippen LogP contribution in [0.25, 0.3) is 0 Å². The molecule has 0 saturated carbocycles. The Labute approximate surface area is 141 Å². The largest absolute Gasteiger partial charge is 0.490 e. The third-order valence-corrected chi connectivity index (χ3v) is 2.45. The molecule has 0 aliphatic carbocycles. The number of hydrogen-bond acceptors (Lipinski definition) is 6. The maximum absolute atomic E-state index is 10.6. The molecule has 0 saturated heterocycles. The lowest BCUT2D eigenvalue weighted by Gasteiger charge is -2.12. The summed E-state index contributed by atoms with van der Waals surface area (Å²) < 4.78 is 31.7. The zero-order valence-electron chi connectivity index (χ0n) is 13.5. The number of carboxylic acid groups (broad SMARTS) is 1. The van der Waals surface area contributed by atoms with Crippen molar-refractivity contribution in [3.8, 4) is 0 Å². The summed E-state index contributed by atoms with van der Waals surface area (Å²) in [4.78, 5) is 18.9. The Balaban J connectivity index is 0. The van der Waals surface area contributed by atoms with Gasteiger partial charge in [-0.05, 0) is 32.4 Å². The van der Waals surface area contributed by atoms with E-state index in [2.05, 4.69) is 15.7 Å². The number of nitrogens with one attached hydrogen (secondary N) is 2. The summed E-state index contributed by atoms with van der Waals surface area (Å²) in [7, 11) is 0. The van der Waals surface area contributed by atoms with Gasteiger partial charge in [-0.2, -0.15) is 13.2 Å². The number of rotatable bonds is 10. The Hall–Kier alpha value is -2.19. The van der Waals surface area contributed by atoms with Gasteiger partial charge in [0.2, 0.25) is 0 Å². The summed E-state index contributed by atoms with van der Waals surface area (Å²) >= 11 is 0. The van der Waals surface area contributed by atoms with Crippen molar-refractivity contribution < 1.29 is 28.1 Å². The van der Waals surface area contributed by atoms with Crippen molar-refractivity contribution in [2.24, 2.45) is 22.3 Å². The van der Waals surface area contributed by atoms with Gasteiger partial charge in [-0.1, -0.05) is 0 Å². The summed E-state index contributed by atoms with van der Waals surface area (Å²) in [5.74, 6) is -2.94. The SMILES string of the molecule is NCCCNC[C@@H](N)CCCN/C(N)=N\[N+](=O)[O-].O=C(O)C(F)(F)F. The predicted octanol–water partition coefficient (Wildman–Crippen LogP) is -1.24. The fraction of sp³-hybridized carbons (Fsp3) is 0.818. The molecule has 0 fully saturated rings. The average Bonchev–Trinajstić information content (AvgIpc) is 2.47. The highest BCUT2D eigenvalue weighted by atomic mass is 19.4. The number of carboxylic acids is 1. The molecule has 1 atom stereocenters. The highest BCUT2D eigenvalue weighted by Gasteiger charge is 2.38. The smallest absolute Gasteiger partial charge is 0.475 e. The van der Waals surface area contributed by atoms with Crippen LogP contribution in [0.4, 0.5) is 13.2 Å². The van der Waals surface area contributed by atoms with Crippen LogP contribution in [0.2, 0.25) is 0 Å². The summed E-state index contributed by atoms with van der Waals surface area (Å²) in [5, 5.41) is 25.0. The van der Waals surface area contributed by atoms with E-state index >= 15 is 0 Å². The average molecular weight is 375 g/mol. The molecule has 0 amide bonds. The van der Waals surface area contributed by atoms with Crippen molar-refractivity contribution >= 4 is 11.9 Å². The minimum absolute atomic E-state index is 0.0539. The number of carbonyl (C=O) groups is 1. The molecule has 0 bridgehead atoms. The number of halogens is 3. The predicted molar refractivity (Wildman–Crippen MR) is 84.1 cm³/mol. The van der Waals surface area contributed by atoms with Gasteiger partial charge in [0.25, 0.3) is 5.96 Å². The molecule has 0 aromatic carbocycles. The van der Waals surface area contributed by atoms with Gasteiger partial charge in [-0.3, -0.25) is 0 Å². The molecule has 0 aliphatic rings. The molecule has 25 heavy (non-hydrogen) atoms. The van der Waals surface area contributed by atoms with Gasteiger partial charge < -0.3 is 32.9 Å². The van der Waals surface area contributed by atoms with Crippen molar-refractivity contribution in [1.29, 1.82) is 0 Å². The van der Waals surface area contributed by atoms with Gasteiger partial charge in [0.05, 0.1) is 0 Å². The summed E-state index contributed by atoms with van der Waals surface area (Å²) in [5.41, 5.74) is 16.5. The van der Waals surface area contributed by atoms with Crippen molar-refractivity contribution in [2.75, 3.05) is 26.2 Å². The number of nitrogens with two attached hydrogens (primary N) is 3. The molecule has 0 aromatic rings. The fourth-order valence-corrected chi connectivity index (χ4v) is 1.32. The molecule has 11 nitrogen and oxygen atoms in total. The third kappa shape index (κ3) is 19.8. The number of hydrogen-bond donors (Lipinski definition) is 6. The van der Waals surface area contributed by atoms with Crippen molar-refractivity contribution in [3.63, 3.8) is 0 Å². The second-order valence-electron chi connectivity index (χ2n) is 4.70. The Kier molecular flexibility index (Phi) is 14.2. The molecule has 0 heterocycles. The number of guanidine groups is 1. The van der Waals surface area contributed by atoms with E-state index in [9.17, 15) is 23.3 Å². The number of nitro groups is 1. The molecule has 9 N–H and O–H groups in total. The number of nitrogens with zero attached hydrogens (tertiary/aromatic N) is 2. The van der Waals surface area contributed by atoms with Crippen LogP contribution in [-0.4, -0.2) is 60.5 Å².